The number of carboxylic acids is 1. The molecule has 4 N–H and O–H groups in total. The fraction of sp³-hybridized carbons (Fsp3) is 0.684. The molecule has 0 aromatic rings. The second-order valence-corrected chi connectivity index (χ2v) is 7.55. The predicted octanol–water partition coefficient (Wildman–Crippen LogP) is 1.12. The summed E-state index contributed by atoms with van der Waals surface area (Å²) in [7, 11) is 0. The monoisotopic (exact) mass is 398 g/mol. The van der Waals surface area contributed by atoms with Crippen LogP contribution in [0.25, 0.3) is 0 Å². The number of hydrogen-bond acceptors (Lipinski definition) is 5. The summed E-state index contributed by atoms with van der Waals surface area (Å²) >= 11 is 0. The Labute approximate surface area is 165 Å². The molecule has 1 unspecified atom stereocenters. The van der Waals surface area contributed by atoms with Gasteiger partial charge in [-0.05, 0) is 25.3 Å². The van der Waals surface area contributed by atoms with E-state index >= 15 is 0 Å². The van der Waals surface area contributed by atoms with Crippen molar-refractivity contribution in [3.63, 3.8) is 0 Å². The van der Waals surface area contributed by atoms with Gasteiger partial charge in [-0.1, -0.05) is 13.8 Å². The van der Waals surface area contributed by atoms with Gasteiger partial charge in [0.2, 0.25) is 11.8 Å². The summed E-state index contributed by atoms with van der Waals surface area (Å²) < 4.78 is 12.8. The molecule has 1 aliphatic heterocycles. The van der Waals surface area contributed by atoms with Crippen LogP contribution in [0.2, 0.25) is 0 Å². The van der Waals surface area contributed by atoms with Gasteiger partial charge in [0.05, 0.1) is 6.42 Å². The molecule has 0 saturated carbocycles. The molecule has 8 nitrogen and oxygen atoms in total. The molecule has 1 rings (SSSR count). The molecule has 2 amide bonds. The summed E-state index contributed by atoms with van der Waals surface area (Å²) in [6.45, 7) is 6.76. The number of likely N-dealkylation sites (tertiary alicyclic amines) is 1. The normalized spacial score (nSPS) is 16.4. The quantitative estimate of drug-likeness (QED) is 0.290. The first kappa shape index (κ1) is 23.7. The minimum Gasteiger partial charge on any atom is -0.481 e. The van der Waals surface area contributed by atoms with E-state index in [1.165, 1.54) is 6.08 Å². The van der Waals surface area contributed by atoms with E-state index in [1.54, 1.807) is 6.92 Å². The van der Waals surface area contributed by atoms with Crippen LogP contribution in [0.15, 0.2) is 11.6 Å². The molecule has 1 heterocycles. The lowest BCUT2D eigenvalue weighted by Gasteiger charge is -2.34. The van der Waals surface area contributed by atoms with Crippen LogP contribution in [0.4, 0.5) is 4.39 Å². The standard InChI is InChI=1S/C19H31FN4O4/c1-12(2)8-16(19(28)22-6-4-17(25)26)23-18(27)13(3)9-15(21)5-7-24-10-14(20)11-24/h9,12,14,16,21H,4-8,10-11H2,1-3H3,(H,22,28)(H,23,27)(H,25,26)/b13-9-,21-15?. The van der Waals surface area contributed by atoms with Crippen LogP contribution in [0.3, 0.4) is 0 Å². The molecule has 0 aromatic carbocycles. The first-order valence-electron chi connectivity index (χ1n) is 9.51. The first-order valence-corrected chi connectivity index (χ1v) is 9.51. The van der Waals surface area contributed by atoms with E-state index in [9.17, 15) is 18.8 Å². The number of alkyl halides is 1. The number of amides is 2. The number of hydrogen-bond donors (Lipinski definition) is 4. The van der Waals surface area contributed by atoms with Crippen molar-refractivity contribution < 1.29 is 23.9 Å². The molecule has 0 spiro atoms. The topological polar surface area (TPSA) is 123 Å². The number of allylic oxidation sites excluding steroid dienone is 1. The lowest BCUT2D eigenvalue weighted by atomic mass is 10.0. The zero-order chi connectivity index (χ0) is 21.3. The lowest BCUT2D eigenvalue weighted by Crippen LogP contribution is -2.48. The van der Waals surface area contributed by atoms with Crippen molar-refractivity contribution >= 4 is 23.5 Å². The highest BCUT2D eigenvalue weighted by Gasteiger charge is 2.25. The average Bonchev–Trinajstić information content (AvgIpc) is 2.56. The van der Waals surface area contributed by atoms with Crippen molar-refractivity contribution in [3.8, 4) is 0 Å². The fourth-order valence-electron chi connectivity index (χ4n) is 2.76. The third-order valence-corrected chi connectivity index (χ3v) is 4.33. The predicted molar refractivity (Wildman–Crippen MR) is 104 cm³/mol. The molecule has 9 heteroatoms. The van der Waals surface area contributed by atoms with E-state index in [-0.39, 0.29) is 24.6 Å². The summed E-state index contributed by atoms with van der Waals surface area (Å²) in [6.07, 6.45) is 1.31. The molecule has 0 aromatic heterocycles. The summed E-state index contributed by atoms with van der Waals surface area (Å²) in [5.74, 6) is -1.74. The van der Waals surface area contributed by atoms with Gasteiger partial charge >= 0.3 is 5.97 Å². The van der Waals surface area contributed by atoms with Crippen molar-refractivity contribution in [3.05, 3.63) is 11.6 Å². The van der Waals surface area contributed by atoms with Crippen LogP contribution < -0.4 is 10.6 Å². The van der Waals surface area contributed by atoms with Crippen LogP contribution in [0.5, 0.6) is 0 Å². The Morgan fingerprint density at radius 3 is 2.46 bits per heavy atom. The van der Waals surface area contributed by atoms with E-state index in [0.717, 1.165) is 0 Å². The Balaban J connectivity index is 2.55. The minimum atomic E-state index is -1.01. The van der Waals surface area contributed by atoms with Gasteiger partial charge in [0.25, 0.3) is 0 Å². The molecule has 0 radical (unpaired) electrons. The Kier molecular flexibility index (Phi) is 9.78. The van der Waals surface area contributed by atoms with Crippen LogP contribution in [0.1, 0.15) is 40.0 Å². The lowest BCUT2D eigenvalue weighted by molar-refractivity contribution is -0.137. The maximum absolute atomic E-state index is 12.8. The van der Waals surface area contributed by atoms with Crippen LogP contribution >= 0.6 is 0 Å². The van der Waals surface area contributed by atoms with Gasteiger partial charge in [0.1, 0.15) is 12.2 Å². The minimum absolute atomic E-state index is 0.00562. The zero-order valence-corrected chi connectivity index (χ0v) is 16.8. The summed E-state index contributed by atoms with van der Waals surface area (Å²) in [5.41, 5.74) is 0.574. The van der Waals surface area contributed by atoms with E-state index < -0.39 is 30.0 Å². The molecular weight excluding hydrogens is 367 g/mol. The van der Waals surface area contributed by atoms with E-state index in [2.05, 4.69) is 10.6 Å². The van der Waals surface area contributed by atoms with Gasteiger partial charge in [-0.2, -0.15) is 0 Å². The number of halogens is 1. The number of nitrogens with zero attached hydrogens (tertiary/aromatic N) is 1. The summed E-state index contributed by atoms with van der Waals surface area (Å²) in [5, 5.41) is 21.8. The number of rotatable bonds is 12. The Bertz CT molecular complexity index is 615. The van der Waals surface area contributed by atoms with Gasteiger partial charge in [0.15, 0.2) is 0 Å². The van der Waals surface area contributed by atoms with Crippen LogP contribution in [-0.2, 0) is 14.4 Å². The maximum atomic E-state index is 12.8. The van der Waals surface area contributed by atoms with E-state index in [4.69, 9.17) is 10.5 Å². The molecule has 28 heavy (non-hydrogen) atoms. The highest BCUT2D eigenvalue weighted by Crippen LogP contribution is 2.12. The smallest absolute Gasteiger partial charge is 0.305 e. The number of nitrogens with one attached hydrogen (secondary N) is 3. The van der Waals surface area contributed by atoms with Crippen molar-refractivity contribution in [2.24, 2.45) is 5.92 Å². The average molecular weight is 398 g/mol. The second-order valence-electron chi connectivity index (χ2n) is 7.55. The van der Waals surface area contributed by atoms with Crippen molar-refractivity contribution in [1.29, 1.82) is 5.41 Å². The largest absolute Gasteiger partial charge is 0.481 e. The molecule has 158 valence electrons. The number of aliphatic carboxylic acids is 1. The third kappa shape index (κ3) is 9.07. The van der Waals surface area contributed by atoms with Crippen molar-refractivity contribution in [1.82, 2.24) is 15.5 Å². The summed E-state index contributed by atoms with van der Waals surface area (Å²) in [6, 6.07) is -0.776. The summed E-state index contributed by atoms with van der Waals surface area (Å²) in [4.78, 5) is 37.1. The first-order chi connectivity index (χ1) is 13.1. The van der Waals surface area contributed by atoms with Crippen molar-refractivity contribution in [2.75, 3.05) is 26.2 Å². The number of carbonyl (C=O) groups is 3. The molecule has 1 aliphatic rings. The third-order valence-electron chi connectivity index (χ3n) is 4.33. The fourth-order valence-corrected chi connectivity index (χ4v) is 2.76. The van der Waals surface area contributed by atoms with Crippen LogP contribution in [-0.4, -0.2) is 71.9 Å². The highest BCUT2D eigenvalue weighted by atomic mass is 19.1. The van der Waals surface area contributed by atoms with E-state index in [1.807, 2.05) is 18.7 Å². The molecule has 1 saturated heterocycles. The van der Waals surface area contributed by atoms with Crippen molar-refractivity contribution in [2.45, 2.75) is 52.2 Å². The zero-order valence-electron chi connectivity index (χ0n) is 16.8. The van der Waals surface area contributed by atoms with Gasteiger partial charge in [-0.15, -0.1) is 0 Å². The molecule has 1 atom stereocenters. The Morgan fingerprint density at radius 1 is 1.29 bits per heavy atom. The maximum Gasteiger partial charge on any atom is 0.305 e. The van der Waals surface area contributed by atoms with Gasteiger partial charge in [-0.3, -0.25) is 19.3 Å². The van der Waals surface area contributed by atoms with Gasteiger partial charge < -0.3 is 21.1 Å². The van der Waals surface area contributed by atoms with E-state index in [0.29, 0.717) is 38.0 Å². The highest BCUT2D eigenvalue weighted by molar-refractivity contribution is 6.03. The molecular formula is C19H31FN4O4. The molecule has 0 aliphatic carbocycles. The Morgan fingerprint density at radius 2 is 1.93 bits per heavy atom. The molecule has 0 bridgehead atoms. The Hall–Kier alpha value is -2.29. The molecule has 1 fully saturated rings. The second kappa shape index (κ2) is 11.5. The number of carbonyl (C=O) groups excluding carboxylic acids is 2. The number of carboxylic acid groups (broad SMARTS) is 1. The van der Waals surface area contributed by atoms with Crippen LogP contribution in [0, 0.1) is 11.3 Å². The van der Waals surface area contributed by atoms with Gasteiger partial charge in [-0.25, -0.2) is 4.39 Å². The van der Waals surface area contributed by atoms with Gasteiger partial charge in [0, 0.05) is 43.9 Å². The SMILES string of the molecule is C/C(=C/C(=N)CCN1CC(F)C1)C(=O)NC(CC(C)C)C(=O)NCCC(=O)O.